The lowest BCUT2D eigenvalue weighted by atomic mass is 9.33. The molecule has 0 aromatic carbocycles. The van der Waals surface area contributed by atoms with Gasteiger partial charge < -0.3 is 4.43 Å². The third-order valence-electron chi connectivity index (χ3n) is 13.8. The van der Waals surface area contributed by atoms with Gasteiger partial charge in [0.05, 0.1) is 6.10 Å². The molecule has 10 atom stereocenters. The molecule has 0 radical (unpaired) electrons. The number of allylic oxidation sites excluding steroid dienone is 2. The third kappa shape index (κ3) is 3.60. The van der Waals surface area contributed by atoms with Crippen molar-refractivity contribution in [1.29, 1.82) is 0 Å². The van der Waals surface area contributed by atoms with Crippen LogP contribution in [0.5, 0.6) is 0 Å². The third-order valence-corrected chi connectivity index (χ3v) is 14.8. The molecule has 5 unspecified atom stereocenters. The van der Waals surface area contributed by atoms with Crippen molar-refractivity contribution in [1.82, 2.24) is 0 Å². The summed E-state index contributed by atoms with van der Waals surface area (Å²) in [4.78, 5) is 0. The predicted octanol–water partition coefficient (Wildman–Crippen LogP) is 9.88. The predicted molar refractivity (Wildman–Crippen MR) is 153 cm³/mol. The largest absolute Gasteiger partial charge is 0.414 e. The second kappa shape index (κ2) is 7.97. The van der Waals surface area contributed by atoms with Gasteiger partial charge in [-0.15, -0.1) is 0 Å². The Morgan fingerprint density at radius 2 is 1.49 bits per heavy atom. The SMILES string of the molecule is C[C@@H]1CC[C@]2(C)CC[C@]3(C)C(=CCC4C5(C)CC[C@H](O[Si](C)(C)C)C(C)(C)C5CCC43C)C2[C@H]1C. The van der Waals surface area contributed by atoms with Crippen LogP contribution in [0.15, 0.2) is 11.6 Å². The molecule has 35 heavy (non-hydrogen) atoms. The summed E-state index contributed by atoms with van der Waals surface area (Å²) in [5, 5.41) is 0. The van der Waals surface area contributed by atoms with Gasteiger partial charge in [0.2, 0.25) is 0 Å². The summed E-state index contributed by atoms with van der Waals surface area (Å²) >= 11 is 0. The van der Waals surface area contributed by atoms with Crippen LogP contribution in [0.25, 0.3) is 0 Å². The molecule has 200 valence electrons. The summed E-state index contributed by atoms with van der Waals surface area (Å²) < 4.78 is 6.87. The highest BCUT2D eigenvalue weighted by molar-refractivity contribution is 6.69. The van der Waals surface area contributed by atoms with Crippen LogP contribution in [0, 0.1) is 56.7 Å². The summed E-state index contributed by atoms with van der Waals surface area (Å²) in [5.74, 6) is 4.11. The van der Waals surface area contributed by atoms with Crippen LogP contribution in [0.4, 0.5) is 0 Å². The first-order valence-corrected chi connectivity index (χ1v) is 18.8. The van der Waals surface area contributed by atoms with E-state index >= 15 is 0 Å². The molecular formula is C33H58OSi. The lowest BCUT2D eigenvalue weighted by molar-refractivity contribution is -0.201. The summed E-state index contributed by atoms with van der Waals surface area (Å²) in [7, 11) is -1.54. The molecule has 0 N–H and O–H groups in total. The van der Waals surface area contributed by atoms with Crippen LogP contribution in [0.1, 0.15) is 113 Å². The lowest BCUT2D eigenvalue weighted by Crippen LogP contribution is -2.65. The van der Waals surface area contributed by atoms with Gasteiger partial charge in [0.15, 0.2) is 8.32 Å². The zero-order valence-electron chi connectivity index (χ0n) is 25.3. The minimum Gasteiger partial charge on any atom is -0.414 e. The van der Waals surface area contributed by atoms with E-state index in [2.05, 4.69) is 81.1 Å². The minimum atomic E-state index is -1.54. The van der Waals surface area contributed by atoms with Crippen molar-refractivity contribution in [3.8, 4) is 0 Å². The van der Waals surface area contributed by atoms with Crippen molar-refractivity contribution in [2.75, 3.05) is 0 Å². The quantitative estimate of drug-likeness (QED) is 0.272. The second-order valence-corrected chi connectivity index (χ2v) is 21.3. The van der Waals surface area contributed by atoms with Crippen molar-refractivity contribution in [2.24, 2.45) is 56.7 Å². The Morgan fingerprint density at radius 3 is 2.14 bits per heavy atom. The highest BCUT2D eigenvalue weighted by Crippen LogP contribution is 2.75. The Kier molecular flexibility index (Phi) is 6.04. The van der Waals surface area contributed by atoms with E-state index in [0.29, 0.717) is 27.8 Å². The highest BCUT2D eigenvalue weighted by Gasteiger charge is 2.68. The first-order valence-electron chi connectivity index (χ1n) is 15.4. The molecule has 0 bridgehead atoms. The van der Waals surface area contributed by atoms with Crippen molar-refractivity contribution in [3.05, 3.63) is 11.6 Å². The fourth-order valence-corrected chi connectivity index (χ4v) is 12.7. The molecule has 0 aliphatic heterocycles. The minimum absolute atomic E-state index is 0.276. The Morgan fingerprint density at radius 1 is 0.800 bits per heavy atom. The van der Waals surface area contributed by atoms with Crippen LogP contribution in [-0.2, 0) is 4.43 Å². The number of hydrogen-bond acceptors (Lipinski definition) is 1. The zero-order chi connectivity index (χ0) is 25.8. The van der Waals surface area contributed by atoms with Gasteiger partial charge in [-0.05, 0) is 134 Å². The van der Waals surface area contributed by atoms with E-state index in [1.165, 1.54) is 57.8 Å². The Bertz CT molecular complexity index is 882. The highest BCUT2D eigenvalue weighted by atomic mass is 28.4. The molecule has 5 rings (SSSR count). The molecule has 4 fully saturated rings. The number of fused-ring (bicyclic) bond motifs is 7. The monoisotopic (exact) mass is 498 g/mol. The summed E-state index contributed by atoms with van der Waals surface area (Å²) in [6.45, 7) is 28.3. The molecule has 2 heteroatoms. The summed E-state index contributed by atoms with van der Waals surface area (Å²) in [6, 6.07) is 0. The van der Waals surface area contributed by atoms with E-state index in [0.717, 1.165) is 29.6 Å². The van der Waals surface area contributed by atoms with Gasteiger partial charge in [0.25, 0.3) is 0 Å². The first-order chi connectivity index (χ1) is 16.0. The summed E-state index contributed by atoms with van der Waals surface area (Å²) in [6.07, 6.45) is 15.8. The van der Waals surface area contributed by atoms with Gasteiger partial charge in [-0.3, -0.25) is 0 Å². The molecule has 1 nitrogen and oxygen atoms in total. The van der Waals surface area contributed by atoms with E-state index in [1.807, 2.05) is 5.57 Å². The van der Waals surface area contributed by atoms with Gasteiger partial charge in [0, 0.05) is 0 Å². The lowest BCUT2D eigenvalue weighted by Gasteiger charge is -2.71. The van der Waals surface area contributed by atoms with Crippen LogP contribution >= 0.6 is 0 Å². The maximum absolute atomic E-state index is 6.87. The standard InChI is InChI=1S/C33H58OSi/c1-22-14-17-30(5)20-21-32(7)24(28(30)23(22)2)12-13-26-31(6)18-16-27(34-35(9,10)11)29(3,4)25(31)15-19-33(26,32)8/h12,22-23,25-28H,13-21H2,1-11H3/t22-,23+,25?,26?,27+,28?,30-,31?,32-,33?/m1/s1. The molecule has 0 aromatic rings. The molecule has 0 spiro atoms. The fourth-order valence-electron chi connectivity index (χ4n) is 11.5. The number of hydrogen-bond donors (Lipinski definition) is 0. The van der Waals surface area contributed by atoms with E-state index in [9.17, 15) is 0 Å². The van der Waals surface area contributed by atoms with Gasteiger partial charge in [-0.2, -0.15) is 0 Å². The van der Waals surface area contributed by atoms with Gasteiger partial charge in [0.1, 0.15) is 0 Å². The van der Waals surface area contributed by atoms with Gasteiger partial charge in [-0.1, -0.05) is 67.0 Å². The Hall–Kier alpha value is -0.0831. The van der Waals surface area contributed by atoms with Crippen molar-refractivity contribution in [2.45, 2.75) is 139 Å². The first kappa shape index (κ1) is 26.5. The van der Waals surface area contributed by atoms with Crippen LogP contribution < -0.4 is 0 Å². The molecule has 5 aliphatic carbocycles. The van der Waals surface area contributed by atoms with Crippen molar-refractivity contribution >= 4 is 8.32 Å². The molecular weight excluding hydrogens is 440 g/mol. The van der Waals surface area contributed by atoms with Gasteiger partial charge in [-0.25, -0.2) is 0 Å². The maximum Gasteiger partial charge on any atom is 0.184 e. The maximum atomic E-state index is 6.87. The molecule has 0 saturated heterocycles. The van der Waals surface area contributed by atoms with E-state index in [-0.39, 0.29) is 5.41 Å². The average molecular weight is 499 g/mol. The fraction of sp³-hybridized carbons (Fsp3) is 0.939. The van der Waals surface area contributed by atoms with E-state index in [1.54, 1.807) is 0 Å². The van der Waals surface area contributed by atoms with E-state index in [4.69, 9.17) is 4.43 Å². The van der Waals surface area contributed by atoms with E-state index < -0.39 is 8.32 Å². The molecule has 0 heterocycles. The molecule has 0 aromatic heterocycles. The molecule has 0 amide bonds. The normalized spacial score (nSPS) is 53.5. The van der Waals surface area contributed by atoms with Crippen LogP contribution in [0.2, 0.25) is 19.6 Å². The zero-order valence-corrected chi connectivity index (χ0v) is 26.3. The summed E-state index contributed by atoms with van der Waals surface area (Å²) in [5.41, 5.74) is 3.99. The average Bonchev–Trinajstić information content (AvgIpc) is 2.73. The molecule has 4 saturated carbocycles. The second-order valence-electron chi connectivity index (χ2n) is 16.9. The topological polar surface area (TPSA) is 9.23 Å². The molecule has 5 aliphatic rings. The smallest absolute Gasteiger partial charge is 0.184 e. The van der Waals surface area contributed by atoms with Gasteiger partial charge >= 0.3 is 0 Å². The Balaban J connectivity index is 1.52. The van der Waals surface area contributed by atoms with Crippen LogP contribution in [-0.4, -0.2) is 14.4 Å². The Labute approximate surface area is 219 Å². The van der Waals surface area contributed by atoms with Crippen LogP contribution in [0.3, 0.4) is 0 Å². The van der Waals surface area contributed by atoms with Crippen molar-refractivity contribution < 1.29 is 4.43 Å². The van der Waals surface area contributed by atoms with Crippen molar-refractivity contribution in [3.63, 3.8) is 0 Å². The number of rotatable bonds is 2.